The van der Waals surface area contributed by atoms with Crippen molar-refractivity contribution < 1.29 is 19.1 Å². The van der Waals surface area contributed by atoms with Gasteiger partial charge in [0.25, 0.3) is 0 Å². The van der Waals surface area contributed by atoms with Gasteiger partial charge in [-0.15, -0.1) is 0 Å². The number of rotatable bonds is 6. The zero-order valence-corrected chi connectivity index (χ0v) is 15.5. The number of hydrogen-bond donors (Lipinski definition) is 0. The first-order valence-electron chi connectivity index (χ1n) is 8.58. The molecule has 0 spiro atoms. The summed E-state index contributed by atoms with van der Waals surface area (Å²) in [6.45, 7) is 13.1. The Kier molecular flexibility index (Phi) is 8.72. The normalized spacial score (nSPS) is 15.8. The molecule has 4 heteroatoms. The molecular formula is C18H34O4. The molecule has 0 aromatic carbocycles. The highest BCUT2D eigenvalue weighted by Crippen LogP contribution is 2.36. The van der Waals surface area contributed by atoms with Crippen LogP contribution in [0.5, 0.6) is 0 Å². The maximum Gasteiger partial charge on any atom is 0.344 e. The van der Waals surface area contributed by atoms with Gasteiger partial charge < -0.3 is 9.47 Å². The molecule has 1 rings (SSSR count). The maximum absolute atomic E-state index is 11.8. The lowest BCUT2D eigenvalue weighted by Crippen LogP contribution is -2.37. The van der Waals surface area contributed by atoms with Gasteiger partial charge in [0.15, 0.2) is 6.61 Å². The summed E-state index contributed by atoms with van der Waals surface area (Å²) in [5.74, 6) is -0.396. The predicted molar refractivity (Wildman–Crippen MR) is 88.5 cm³/mol. The first-order valence-corrected chi connectivity index (χ1v) is 8.58. The molecule has 0 amide bonds. The Bertz CT molecular complexity index is 352. The molecule has 0 bridgehead atoms. The van der Waals surface area contributed by atoms with Crippen molar-refractivity contribution in [3.05, 3.63) is 0 Å². The Hall–Kier alpha value is -1.06. The van der Waals surface area contributed by atoms with Gasteiger partial charge in [-0.2, -0.15) is 0 Å². The molecule has 0 atom stereocenters. The van der Waals surface area contributed by atoms with E-state index in [-0.39, 0.29) is 12.6 Å². The van der Waals surface area contributed by atoms with Crippen LogP contribution < -0.4 is 0 Å². The van der Waals surface area contributed by atoms with E-state index in [1.165, 1.54) is 12.8 Å². The molecule has 0 heterocycles. The summed E-state index contributed by atoms with van der Waals surface area (Å²) in [6, 6.07) is 0. The van der Waals surface area contributed by atoms with E-state index in [0.717, 1.165) is 12.8 Å². The summed E-state index contributed by atoms with van der Waals surface area (Å²) in [6.07, 6.45) is 5.27. The molecule has 0 N–H and O–H groups in total. The summed E-state index contributed by atoms with van der Waals surface area (Å²) < 4.78 is 10.6. The highest BCUT2D eigenvalue weighted by molar-refractivity contribution is 5.79. The molecule has 130 valence electrons. The molecule has 22 heavy (non-hydrogen) atoms. The highest BCUT2D eigenvalue weighted by atomic mass is 16.6. The van der Waals surface area contributed by atoms with Crippen LogP contribution in [0.2, 0.25) is 0 Å². The van der Waals surface area contributed by atoms with Crippen molar-refractivity contribution in [1.29, 1.82) is 0 Å². The van der Waals surface area contributed by atoms with Crippen molar-refractivity contribution in [3.8, 4) is 0 Å². The third-order valence-corrected chi connectivity index (χ3v) is 4.47. The van der Waals surface area contributed by atoms with Crippen molar-refractivity contribution in [1.82, 2.24) is 0 Å². The summed E-state index contributed by atoms with van der Waals surface area (Å²) in [4.78, 5) is 23.6. The van der Waals surface area contributed by atoms with Crippen molar-refractivity contribution in [3.63, 3.8) is 0 Å². The van der Waals surface area contributed by atoms with Gasteiger partial charge in [-0.3, -0.25) is 4.79 Å². The lowest BCUT2D eigenvalue weighted by atomic mass is 9.89. The lowest BCUT2D eigenvalue weighted by molar-refractivity contribution is -0.174. The first kappa shape index (κ1) is 20.9. The molecule has 0 aromatic rings. The summed E-state index contributed by atoms with van der Waals surface area (Å²) in [5, 5.41) is 0. The number of esters is 2. The van der Waals surface area contributed by atoms with E-state index in [9.17, 15) is 9.59 Å². The van der Waals surface area contributed by atoms with Crippen molar-refractivity contribution in [2.75, 3.05) is 6.61 Å². The molecule has 0 radical (unpaired) electrons. The second kappa shape index (κ2) is 9.16. The fourth-order valence-electron chi connectivity index (χ4n) is 2.49. The van der Waals surface area contributed by atoms with E-state index >= 15 is 0 Å². The van der Waals surface area contributed by atoms with Gasteiger partial charge in [0.05, 0.1) is 5.41 Å². The molecule has 0 saturated heterocycles. The van der Waals surface area contributed by atoms with Crippen molar-refractivity contribution in [2.24, 2.45) is 11.3 Å². The van der Waals surface area contributed by atoms with Crippen molar-refractivity contribution in [2.45, 2.75) is 86.2 Å². The Labute approximate surface area is 135 Å². The van der Waals surface area contributed by atoms with E-state index in [0.29, 0.717) is 12.3 Å². The Morgan fingerprint density at radius 3 is 2.00 bits per heavy atom. The van der Waals surface area contributed by atoms with Crippen molar-refractivity contribution >= 4 is 11.9 Å². The van der Waals surface area contributed by atoms with Gasteiger partial charge in [-0.1, -0.05) is 33.6 Å². The molecule has 1 saturated carbocycles. The smallest absolute Gasteiger partial charge is 0.344 e. The van der Waals surface area contributed by atoms with Gasteiger partial charge in [0.2, 0.25) is 0 Å². The average Bonchev–Trinajstić information content (AvgIpc) is 3.01. The summed E-state index contributed by atoms with van der Waals surface area (Å²) in [7, 11) is 0. The maximum atomic E-state index is 11.8. The SMILES string of the molecule is CC.CCC(C)(C)C(=O)OCC(=O)OC(C)(C)C1CCCC1. The molecule has 1 aliphatic carbocycles. The minimum absolute atomic E-state index is 0.293. The van der Waals surface area contributed by atoms with Crippen LogP contribution in [-0.2, 0) is 19.1 Å². The van der Waals surface area contributed by atoms with Crippen LogP contribution in [0.3, 0.4) is 0 Å². The fraction of sp³-hybridized carbons (Fsp3) is 0.889. The van der Waals surface area contributed by atoms with E-state index < -0.39 is 17.0 Å². The molecule has 0 aliphatic heterocycles. The van der Waals surface area contributed by atoms with Gasteiger partial charge in [-0.25, -0.2) is 4.79 Å². The fourth-order valence-corrected chi connectivity index (χ4v) is 2.49. The largest absolute Gasteiger partial charge is 0.457 e. The lowest BCUT2D eigenvalue weighted by Gasteiger charge is -2.31. The summed E-state index contributed by atoms with van der Waals surface area (Å²) in [5.41, 5.74) is -1.03. The predicted octanol–water partition coefficient (Wildman–Crippen LogP) is 4.50. The van der Waals surface area contributed by atoms with E-state index in [2.05, 4.69) is 0 Å². The third-order valence-electron chi connectivity index (χ3n) is 4.47. The zero-order valence-electron chi connectivity index (χ0n) is 15.5. The highest BCUT2D eigenvalue weighted by Gasteiger charge is 2.35. The Balaban J connectivity index is 0.00000211. The third kappa shape index (κ3) is 6.37. The quantitative estimate of drug-likeness (QED) is 0.677. The molecule has 0 unspecified atom stereocenters. The van der Waals surface area contributed by atoms with Gasteiger partial charge in [-0.05, 0) is 52.9 Å². The van der Waals surface area contributed by atoms with Gasteiger partial charge in [0.1, 0.15) is 5.60 Å². The average molecular weight is 314 g/mol. The van der Waals surface area contributed by atoms with E-state index in [4.69, 9.17) is 9.47 Å². The monoisotopic (exact) mass is 314 g/mol. The zero-order chi connectivity index (χ0) is 17.4. The molecule has 1 fully saturated rings. The molecule has 4 nitrogen and oxygen atoms in total. The van der Waals surface area contributed by atoms with Crippen LogP contribution in [0.4, 0.5) is 0 Å². The minimum Gasteiger partial charge on any atom is -0.457 e. The topological polar surface area (TPSA) is 52.6 Å². The number of ether oxygens (including phenoxy) is 2. The van der Waals surface area contributed by atoms with E-state index in [1.807, 2.05) is 48.5 Å². The molecule has 1 aliphatic rings. The second-order valence-corrected chi connectivity index (χ2v) is 6.87. The van der Waals surface area contributed by atoms with Crippen LogP contribution in [-0.4, -0.2) is 24.1 Å². The minimum atomic E-state index is -0.554. The van der Waals surface area contributed by atoms with Gasteiger partial charge >= 0.3 is 11.9 Å². The van der Waals surface area contributed by atoms with Crippen LogP contribution in [0.15, 0.2) is 0 Å². The Morgan fingerprint density at radius 2 is 1.55 bits per heavy atom. The number of hydrogen-bond acceptors (Lipinski definition) is 4. The number of carbonyl (C=O) groups excluding carboxylic acids is 2. The van der Waals surface area contributed by atoms with Crippen LogP contribution >= 0.6 is 0 Å². The van der Waals surface area contributed by atoms with Crippen LogP contribution in [0.1, 0.15) is 80.6 Å². The second-order valence-electron chi connectivity index (χ2n) is 6.87. The molecule has 0 aromatic heterocycles. The van der Waals surface area contributed by atoms with Crippen LogP contribution in [0, 0.1) is 11.3 Å². The first-order chi connectivity index (χ1) is 10.2. The summed E-state index contributed by atoms with van der Waals surface area (Å²) >= 11 is 0. The van der Waals surface area contributed by atoms with E-state index in [1.54, 1.807) is 0 Å². The Morgan fingerprint density at radius 1 is 1.05 bits per heavy atom. The molecular weight excluding hydrogens is 280 g/mol. The van der Waals surface area contributed by atoms with Gasteiger partial charge in [0, 0.05) is 0 Å². The standard InChI is InChI=1S/C16H28O4.C2H6/c1-6-15(2,3)14(18)19-11-13(17)20-16(4,5)12-9-7-8-10-12;1-2/h12H,6-11H2,1-5H3;1-2H3. The van der Waals surface area contributed by atoms with Crippen LogP contribution in [0.25, 0.3) is 0 Å². The number of carbonyl (C=O) groups is 2.